The number of alkyl halides is 7. The minimum Gasteiger partial charge on any atom is -0.484 e. The number of hydrogen-bond donors (Lipinski definition) is 0. The standard InChI is InChI=1S/C17H14F7N5O2S/c1-2-32(30)14-5-11(29-10-25-9-27-29)3-4-13(14)28-7-12(6-26-28)31-8-15(18,19)16(20,21)17(22,23)24/h3-7,9-10H,2,8H2,1H3. The lowest BCUT2D eigenvalue weighted by atomic mass is 10.2. The van der Waals surface area contributed by atoms with Gasteiger partial charge >= 0.3 is 18.0 Å². The summed E-state index contributed by atoms with van der Waals surface area (Å²) in [6.45, 7) is -0.577. The molecule has 174 valence electrons. The highest BCUT2D eigenvalue weighted by Crippen LogP contribution is 2.46. The van der Waals surface area contributed by atoms with E-state index in [4.69, 9.17) is 0 Å². The molecule has 0 saturated heterocycles. The number of nitrogens with zero attached hydrogens (tertiary/aromatic N) is 5. The minimum absolute atomic E-state index is 0.219. The Morgan fingerprint density at radius 1 is 1.06 bits per heavy atom. The molecule has 3 aromatic rings. The van der Waals surface area contributed by atoms with Crippen LogP contribution in [0.3, 0.4) is 0 Å². The van der Waals surface area contributed by atoms with E-state index in [9.17, 15) is 34.9 Å². The monoisotopic (exact) mass is 485 g/mol. The largest absolute Gasteiger partial charge is 0.484 e. The molecule has 0 fully saturated rings. The van der Waals surface area contributed by atoms with E-state index in [1.54, 1.807) is 13.0 Å². The van der Waals surface area contributed by atoms with E-state index in [2.05, 4.69) is 19.9 Å². The number of rotatable bonds is 8. The van der Waals surface area contributed by atoms with Gasteiger partial charge in [-0.15, -0.1) is 0 Å². The van der Waals surface area contributed by atoms with Crippen LogP contribution in [0.5, 0.6) is 5.75 Å². The Hall–Kier alpha value is -2.97. The molecule has 2 aromatic heterocycles. The van der Waals surface area contributed by atoms with Crippen LogP contribution in [0.4, 0.5) is 30.7 Å². The van der Waals surface area contributed by atoms with Crippen LogP contribution in [0.25, 0.3) is 11.4 Å². The Kier molecular flexibility index (Phi) is 6.31. The quantitative estimate of drug-likeness (QED) is 0.454. The first-order valence-corrected chi connectivity index (χ1v) is 10.1. The molecule has 3 rings (SSSR count). The molecule has 0 aliphatic rings. The van der Waals surface area contributed by atoms with Crippen molar-refractivity contribution >= 4 is 10.8 Å². The molecule has 0 aliphatic carbocycles. The molecule has 32 heavy (non-hydrogen) atoms. The van der Waals surface area contributed by atoms with Gasteiger partial charge in [0.1, 0.15) is 12.7 Å². The van der Waals surface area contributed by atoms with Crippen molar-refractivity contribution in [2.75, 3.05) is 12.4 Å². The zero-order chi connectivity index (χ0) is 23.7. The van der Waals surface area contributed by atoms with Gasteiger partial charge in [0, 0.05) is 5.75 Å². The fourth-order valence-corrected chi connectivity index (χ4v) is 3.46. The summed E-state index contributed by atoms with van der Waals surface area (Å²) in [6.07, 6.45) is -1.91. The third-order valence-electron chi connectivity index (χ3n) is 4.18. The third-order valence-corrected chi connectivity index (χ3v) is 5.52. The van der Waals surface area contributed by atoms with E-state index < -0.39 is 41.2 Å². The van der Waals surface area contributed by atoms with Crippen LogP contribution in [0, 0.1) is 0 Å². The van der Waals surface area contributed by atoms with Gasteiger partial charge in [0.15, 0.2) is 12.4 Å². The first kappa shape index (κ1) is 23.7. The van der Waals surface area contributed by atoms with Crippen molar-refractivity contribution in [1.82, 2.24) is 24.5 Å². The smallest absolute Gasteiger partial charge is 0.460 e. The summed E-state index contributed by atoms with van der Waals surface area (Å²) < 4.78 is 109. The predicted molar refractivity (Wildman–Crippen MR) is 96.9 cm³/mol. The predicted octanol–water partition coefficient (Wildman–Crippen LogP) is 3.79. The van der Waals surface area contributed by atoms with E-state index in [1.807, 2.05) is 0 Å². The van der Waals surface area contributed by atoms with E-state index in [-0.39, 0.29) is 16.3 Å². The van der Waals surface area contributed by atoms with Crippen LogP contribution in [-0.2, 0) is 10.8 Å². The van der Waals surface area contributed by atoms with Gasteiger partial charge in [-0.2, -0.15) is 40.9 Å². The van der Waals surface area contributed by atoms with Gasteiger partial charge < -0.3 is 4.74 Å². The van der Waals surface area contributed by atoms with Crippen LogP contribution in [0.15, 0.2) is 48.1 Å². The first-order chi connectivity index (χ1) is 14.9. The summed E-state index contributed by atoms with van der Waals surface area (Å²) in [6, 6.07) is 4.59. The SMILES string of the molecule is CCS(=O)c1cc(-n2cncn2)ccc1-n1cc(OCC(F)(F)C(F)(F)C(F)(F)F)cn1. The molecule has 0 saturated carbocycles. The first-order valence-electron chi connectivity index (χ1n) is 8.75. The fraction of sp³-hybridized carbons (Fsp3) is 0.353. The highest BCUT2D eigenvalue weighted by molar-refractivity contribution is 7.85. The summed E-state index contributed by atoms with van der Waals surface area (Å²) in [5.41, 5.74) is 0.761. The normalized spacial score (nSPS) is 13.9. The lowest BCUT2D eigenvalue weighted by Crippen LogP contribution is -2.54. The second-order valence-electron chi connectivity index (χ2n) is 6.31. The van der Waals surface area contributed by atoms with Crippen LogP contribution < -0.4 is 4.74 Å². The van der Waals surface area contributed by atoms with Crippen molar-refractivity contribution in [3.8, 4) is 17.1 Å². The van der Waals surface area contributed by atoms with Gasteiger partial charge in [-0.1, -0.05) is 6.92 Å². The van der Waals surface area contributed by atoms with E-state index in [0.717, 1.165) is 17.1 Å². The van der Waals surface area contributed by atoms with Crippen LogP contribution in [-0.4, -0.2) is 59.1 Å². The van der Waals surface area contributed by atoms with Crippen molar-refractivity contribution < 1.29 is 39.7 Å². The summed E-state index contributed by atoms with van der Waals surface area (Å²) in [4.78, 5) is 4.09. The summed E-state index contributed by atoms with van der Waals surface area (Å²) in [5.74, 6) is -12.1. The molecule has 0 spiro atoms. The third kappa shape index (κ3) is 4.47. The second-order valence-corrected chi connectivity index (χ2v) is 8.02. The number of aromatic nitrogens is 5. The minimum atomic E-state index is -6.45. The zero-order valence-electron chi connectivity index (χ0n) is 16.1. The molecule has 1 unspecified atom stereocenters. The van der Waals surface area contributed by atoms with E-state index in [1.165, 1.54) is 29.5 Å². The van der Waals surface area contributed by atoms with Crippen molar-refractivity contribution in [2.24, 2.45) is 0 Å². The Morgan fingerprint density at radius 3 is 2.38 bits per heavy atom. The molecule has 0 aliphatic heterocycles. The highest BCUT2D eigenvalue weighted by Gasteiger charge is 2.73. The Balaban J connectivity index is 1.86. The molecule has 0 N–H and O–H groups in total. The maximum atomic E-state index is 13.4. The zero-order valence-corrected chi connectivity index (χ0v) is 16.9. The van der Waals surface area contributed by atoms with Crippen LogP contribution in [0.2, 0.25) is 0 Å². The van der Waals surface area contributed by atoms with Crippen molar-refractivity contribution in [3.63, 3.8) is 0 Å². The molecule has 0 radical (unpaired) electrons. The topological polar surface area (TPSA) is 74.8 Å². The average molecular weight is 485 g/mol. The molecule has 1 aromatic carbocycles. The lowest BCUT2D eigenvalue weighted by molar-refractivity contribution is -0.358. The van der Waals surface area contributed by atoms with Gasteiger partial charge in [-0.3, -0.25) is 4.21 Å². The maximum Gasteiger partial charge on any atom is 0.460 e. The van der Waals surface area contributed by atoms with Gasteiger partial charge in [0.25, 0.3) is 0 Å². The summed E-state index contributed by atoms with van der Waals surface area (Å²) in [5, 5.41) is 7.79. The molecule has 0 bridgehead atoms. The van der Waals surface area contributed by atoms with Gasteiger partial charge in [-0.05, 0) is 18.2 Å². The summed E-state index contributed by atoms with van der Waals surface area (Å²) in [7, 11) is -1.51. The van der Waals surface area contributed by atoms with Crippen LogP contribution in [0.1, 0.15) is 6.92 Å². The summed E-state index contributed by atoms with van der Waals surface area (Å²) >= 11 is 0. The molecule has 1 atom stereocenters. The van der Waals surface area contributed by atoms with Gasteiger partial charge in [0.05, 0.1) is 39.5 Å². The highest BCUT2D eigenvalue weighted by atomic mass is 32.2. The van der Waals surface area contributed by atoms with Crippen LogP contribution >= 0.6 is 0 Å². The molecule has 0 amide bonds. The fourth-order valence-electron chi connectivity index (χ4n) is 2.50. The lowest BCUT2D eigenvalue weighted by Gasteiger charge is -2.27. The average Bonchev–Trinajstić information content (AvgIpc) is 3.42. The molecule has 2 heterocycles. The molecule has 7 nitrogen and oxygen atoms in total. The van der Waals surface area contributed by atoms with E-state index in [0.29, 0.717) is 5.69 Å². The Labute approximate surface area is 178 Å². The maximum absolute atomic E-state index is 13.4. The molecule has 15 heteroatoms. The van der Waals surface area contributed by atoms with E-state index >= 15 is 0 Å². The molecular formula is C17H14F7N5O2S. The number of hydrogen-bond acceptors (Lipinski definition) is 5. The van der Waals surface area contributed by atoms with Crippen molar-refractivity contribution in [3.05, 3.63) is 43.2 Å². The number of ether oxygens (including phenoxy) is 1. The van der Waals surface area contributed by atoms with Gasteiger partial charge in [0.2, 0.25) is 0 Å². The Bertz CT molecular complexity index is 1100. The number of benzene rings is 1. The Morgan fingerprint density at radius 2 is 1.78 bits per heavy atom. The van der Waals surface area contributed by atoms with Crippen molar-refractivity contribution in [2.45, 2.75) is 29.8 Å². The number of halogens is 7. The van der Waals surface area contributed by atoms with Gasteiger partial charge in [-0.25, -0.2) is 14.3 Å². The van der Waals surface area contributed by atoms with Crippen molar-refractivity contribution in [1.29, 1.82) is 0 Å². The second kappa shape index (κ2) is 8.52. The molecular weight excluding hydrogens is 471 g/mol.